The summed E-state index contributed by atoms with van der Waals surface area (Å²) in [5.74, 6) is 0. The van der Waals surface area contributed by atoms with E-state index in [1.165, 1.54) is 17.7 Å². The molecule has 1 heterocycles. The van der Waals surface area contributed by atoms with Crippen LogP contribution in [0, 0.1) is 0 Å². The predicted molar refractivity (Wildman–Crippen MR) is 84.4 cm³/mol. The molecular weight excluding hydrogens is 370 g/mol. The summed E-state index contributed by atoms with van der Waals surface area (Å²) in [7, 11) is 2.02. The van der Waals surface area contributed by atoms with E-state index in [2.05, 4.69) is 54.4 Å². The van der Waals surface area contributed by atoms with Gasteiger partial charge in [0.25, 0.3) is 0 Å². The van der Waals surface area contributed by atoms with Gasteiger partial charge in [-0.1, -0.05) is 15.9 Å². The number of rotatable bonds is 2. The summed E-state index contributed by atoms with van der Waals surface area (Å²) in [6.45, 7) is 0. The minimum Gasteiger partial charge on any atom is -0.377 e. The molecule has 0 saturated heterocycles. The molecule has 0 bridgehead atoms. The van der Waals surface area contributed by atoms with Crippen molar-refractivity contribution < 1.29 is 0 Å². The standard InChI is InChI=1S/C14H15Br2N3/c1-19-14-4-2-3-12(10(14)8-17-19)18-13-7-9(15)5-6-11(13)16/h5-8,12,18H,2-4H2,1H3. The molecule has 0 aliphatic heterocycles. The molecule has 1 atom stereocenters. The fraction of sp³-hybridized carbons (Fsp3) is 0.357. The number of nitrogens with one attached hydrogen (secondary N) is 1. The zero-order valence-corrected chi connectivity index (χ0v) is 13.8. The van der Waals surface area contributed by atoms with Gasteiger partial charge in [0.05, 0.1) is 17.9 Å². The average molecular weight is 385 g/mol. The summed E-state index contributed by atoms with van der Waals surface area (Å²) in [4.78, 5) is 0. The Kier molecular flexibility index (Phi) is 3.67. The van der Waals surface area contributed by atoms with E-state index in [9.17, 15) is 0 Å². The van der Waals surface area contributed by atoms with Gasteiger partial charge in [-0.05, 0) is 53.4 Å². The van der Waals surface area contributed by atoms with Crippen LogP contribution in [0.3, 0.4) is 0 Å². The van der Waals surface area contributed by atoms with E-state index in [1.807, 2.05) is 24.0 Å². The van der Waals surface area contributed by atoms with E-state index in [0.717, 1.165) is 27.5 Å². The number of anilines is 1. The van der Waals surface area contributed by atoms with Crippen molar-refractivity contribution in [3.63, 3.8) is 0 Å². The van der Waals surface area contributed by atoms with Crippen LogP contribution in [0.5, 0.6) is 0 Å². The molecule has 1 N–H and O–H groups in total. The highest BCUT2D eigenvalue weighted by Gasteiger charge is 2.23. The van der Waals surface area contributed by atoms with Gasteiger partial charge in [0.2, 0.25) is 0 Å². The van der Waals surface area contributed by atoms with Gasteiger partial charge in [0.15, 0.2) is 0 Å². The van der Waals surface area contributed by atoms with Gasteiger partial charge >= 0.3 is 0 Å². The monoisotopic (exact) mass is 383 g/mol. The molecule has 3 nitrogen and oxygen atoms in total. The minimum atomic E-state index is 0.350. The van der Waals surface area contributed by atoms with E-state index in [4.69, 9.17) is 0 Å². The highest BCUT2D eigenvalue weighted by Crippen LogP contribution is 2.35. The summed E-state index contributed by atoms with van der Waals surface area (Å²) in [6.07, 6.45) is 5.48. The Labute approximate surface area is 129 Å². The summed E-state index contributed by atoms with van der Waals surface area (Å²) in [5, 5.41) is 8.02. The molecule has 1 aromatic carbocycles. The van der Waals surface area contributed by atoms with Gasteiger partial charge in [-0.2, -0.15) is 5.10 Å². The van der Waals surface area contributed by atoms with Crippen molar-refractivity contribution in [1.82, 2.24) is 9.78 Å². The molecule has 1 aliphatic rings. The third-order valence-electron chi connectivity index (χ3n) is 3.63. The first kappa shape index (κ1) is 13.2. The third-order valence-corrected chi connectivity index (χ3v) is 4.82. The smallest absolute Gasteiger partial charge is 0.0548 e. The Morgan fingerprint density at radius 2 is 2.21 bits per heavy atom. The van der Waals surface area contributed by atoms with Gasteiger partial charge in [0.1, 0.15) is 0 Å². The van der Waals surface area contributed by atoms with Crippen LogP contribution in [-0.2, 0) is 13.5 Å². The molecule has 19 heavy (non-hydrogen) atoms. The molecule has 3 rings (SSSR count). The Balaban J connectivity index is 1.90. The molecule has 0 saturated carbocycles. The third kappa shape index (κ3) is 2.58. The maximum Gasteiger partial charge on any atom is 0.0548 e. The minimum absolute atomic E-state index is 0.350. The van der Waals surface area contributed by atoms with Crippen molar-refractivity contribution in [3.8, 4) is 0 Å². The molecule has 0 amide bonds. The van der Waals surface area contributed by atoms with Gasteiger partial charge in [-0.3, -0.25) is 4.68 Å². The lowest BCUT2D eigenvalue weighted by Crippen LogP contribution is -2.18. The van der Waals surface area contributed by atoms with Crippen LogP contribution in [0.4, 0.5) is 5.69 Å². The first-order valence-electron chi connectivity index (χ1n) is 6.37. The first-order chi connectivity index (χ1) is 9.15. The maximum absolute atomic E-state index is 4.39. The molecule has 1 unspecified atom stereocenters. The number of aryl methyl sites for hydroxylation is 1. The van der Waals surface area contributed by atoms with Crippen molar-refractivity contribution >= 4 is 37.5 Å². The molecule has 0 fully saturated rings. The highest BCUT2D eigenvalue weighted by atomic mass is 79.9. The van der Waals surface area contributed by atoms with Gasteiger partial charge in [-0.25, -0.2) is 0 Å². The molecular formula is C14H15Br2N3. The van der Waals surface area contributed by atoms with Crippen LogP contribution in [0.15, 0.2) is 33.3 Å². The number of nitrogens with zero attached hydrogens (tertiary/aromatic N) is 2. The molecule has 5 heteroatoms. The second-order valence-electron chi connectivity index (χ2n) is 4.88. The molecule has 100 valence electrons. The van der Waals surface area contributed by atoms with Crippen LogP contribution < -0.4 is 5.32 Å². The van der Waals surface area contributed by atoms with Crippen LogP contribution >= 0.6 is 31.9 Å². The van der Waals surface area contributed by atoms with E-state index < -0.39 is 0 Å². The quantitative estimate of drug-likeness (QED) is 0.829. The Morgan fingerprint density at radius 3 is 3.05 bits per heavy atom. The predicted octanol–water partition coefficient (Wildman–Crippen LogP) is 4.43. The molecule has 1 aromatic heterocycles. The van der Waals surface area contributed by atoms with Gasteiger partial charge in [-0.15, -0.1) is 0 Å². The van der Waals surface area contributed by atoms with Gasteiger partial charge in [0, 0.05) is 27.3 Å². The van der Waals surface area contributed by atoms with Crippen molar-refractivity contribution in [2.45, 2.75) is 25.3 Å². The number of aromatic nitrogens is 2. The van der Waals surface area contributed by atoms with E-state index in [1.54, 1.807) is 0 Å². The summed E-state index contributed by atoms with van der Waals surface area (Å²) in [6, 6.07) is 6.54. The largest absolute Gasteiger partial charge is 0.377 e. The lowest BCUT2D eigenvalue weighted by Gasteiger charge is -2.25. The number of hydrogen-bond donors (Lipinski definition) is 1. The number of hydrogen-bond acceptors (Lipinski definition) is 2. The maximum atomic E-state index is 4.39. The second kappa shape index (κ2) is 5.29. The zero-order valence-electron chi connectivity index (χ0n) is 10.7. The number of halogens is 2. The first-order valence-corrected chi connectivity index (χ1v) is 7.96. The SMILES string of the molecule is Cn1ncc2c1CCCC2Nc1cc(Br)ccc1Br. The van der Waals surface area contributed by atoms with Crippen molar-refractivity contribution in [3.05, 3.63) is 44.6 Å². The number of benzene rings is 1. The molecule has 0 spiro atoms. The van der Waals surface area contributed by atoms with Crippen molar-refractivity contribution in [2.75, 3.05) is 5.32 Å². The van der Waals surface area contributed by atoms with Crippen molar-refractivity contribution in [2.24, 2.45) is 7.05 Å². The van der Waals surface area contributed by atoms with E-state index in [0.29, 0.717) is 6.04 Å². The lowest BCUT2D eigenvalue weighted by molar-refractivity contribution is 0.571. The molecule has 0 radical (unpaired) electrons. The van der Waals surface area contributed by atoms with Crippen LogP contribution in [-0.4, -0.2) is 9.78 Å². The summed E-state index contributed by atoms with van der Waals surface area (Å²) >= 11 is 7.12. The Morgan fingerprint density at radius 1 is 1.37 bits per heavy atom. The van der Waals surface area contributed by atoms with Crippen LogP contribution in [0.2, 0.25) is 0 Å². The van der Waals surface area contributed by atoms with E-state index in [-0.39, 0.29) is 0 Å². The number of fused-ring (bicyclic) bond motifs is 1. The van der Waals surface area contributed by atoms with Crippen LogP contribution in [0.1, 0.15) is 30.1 Å². The Bertz CT molecular complexity index is 607. The fourth-order valence-corrected chi connectivity index (χ4v) is 3.37. The topological polar surface area (TPSA) is 29.9 Å². The Hall–Kier alpha value is -0.810. The summed E-state index contributed by atoms with van der Waals surface area (Å²) < 4.78 is 4.17. The highest BCUT2D eigenvalue weighted by molar-refractivity contribution is 9.11. The second-order valence-corrected chi connectivity index (χ2v) is 6.65. The van der Waals surface area contributed by atoms with Crippen molar-refractivity contribution in [1.29, 1.82) is 0 Å². The fourth-order valence-electron chi connectivity index (χ4n) is 2.65. The summed E-state index contributed by atoms with van der Waals surface area (Å²) in [5.41, 5.74) is 3.81. The van der Waals surface area contributed by atoms with Gasteiger partial charge < -0.3 is 5.32 Å². The molecule has 1 aliphatic carbocycles. The zero-order chi connectivity index (χ0) is 13.4. The normalized spacial score (nSPS) is 18.2. The van der Waals surface area contributed by atoms with Crippen LogP contribution in [0.25, 0.3) is 0 Å². The lowest BCUT2D eigenvalue weighted by atomic mass is 9.93. The average Bonchev–Trinajstić information content (AvgIpc) is 2.77. The van der Waals surface area contributed by atoms with E-state index >= 15 is 0 Å². The molecule has 2 aromatic rings.